The van der Waals surface area contributed by atoms with Crippen molar-refractivity contribution in [2.75, 3.05) is 19.8 Å². The normalized spacial score (nSPS) is 12.8. The van der Waals surface area contributed by atoms with Crippen molar-refractivity contribution in [2.24, 2.45) is 0 Å². The van der Waals surface area contributed by atoms with E-state index in [1.807, 2.05) is 11.6 Å². The summed E-state index contributed by atoms with van der Waals surface area (Å²) in [4.78, 5) is 0. The molecule has 0 aromatic carbocycles. The molecule has 0 bridgehead atoms. The van der Waals surface area contributed by atoms with Gasteiger partial charge in [-0.1, -0.05) is 25.4 Å². The molecule has 0 aliphatic heterocycles. The van der Waals surface area contributed by atoms with Gasteiger partial charge < -0.3 is 10.1 Å². The highest BCUT2D eigenvalue weighted by Crippen LogP contribution is 2.23. The average Bonchev–Trinajstić information content (AvgIpc) is 2.77. The third kappa shape index (κ3) is 4.76. The summed E-state index contributed by atoms with van der Waals surface area (Å²) in [7, 11) is 0. The van der Waals surface area contributed by atoms with E-state index in [0.29, 0.717) is 12.6 Å². The minimum Gasteiger partial charge on any atom is -0.380 e. The second-order valence-corrected chi connectivity index (χ2v) is 5.27. The Morgan fingerprint density at radius 2 is 2.05 bits per heavy atom. The van der Waals surface area contributed by atoms with E-state index in [1.54, 1.807) is 0 Å². The second-order valence-electron chi connectivity index (χ2n) is 4.89. The smallest absolute Gasteiger partial charge is 0.0850 e. The Kier molecular flexibility index (Phi) is 8.19. The van der Waals surface area contributed by atoms with E-state index in [9.17, 15) is 0 Å². The molecule has 0 radical (unpaired) electrons. The van der Waals surface area contributed by atoms with Gasteiger partial charge in [0.1, 0.15) is 0 Å². The lowest BCUT2D eigenvalue weighted by Crippen LogP contribution is -2.36. The zero-order valence-corrected chi connectivity index (χ0v) is 14.0. The highest BCUT2D eigenvalue weighted by Gasteiger charge is 2.18. The maximum Gasteiger partial charge on any atom is 0.0850 e. The summed E-state index contributed by atoms with van der Waals surface area (Å²) < 4.78 is 7.60. The molecular formula is C15H28ClN3O. The van der Waals surface area contributed by atoms with Gasteiger partial charge in [-0.2, -0.15) is 5.10 Å². The predicted octanol–water partition coefficient (Wildman–Crippen LogP) is 3.07. The molecule has 1 aromatic rings. The highest BCUT2D eigenvalue weighted by molar-refractivity contribution is 6.31. The Labute approximate surface area is 127 Å². The van der Waals surface area contributed by atoms with Gasteiger partial charge in [-0.05, 0) is 33.2 Å². The van der Waals surface area contributed by atoms with Crippen molar-refractivity contribution in [1.29, 1.82) is 0 Å². The van der Waals surface area contributed by atoms with Crippen LogP contribution in [-0.2, 0) is 24.1 Å². The fourth-order valence-electron chi connectivity index (χ4n) is 2.24. The lowest BCUT2D eigenvalue weighted by Gasteiger charge is -2.19. The van der Waals surface area contributed by atoms with Crippen molar-refractivity contribution in [3.05, 3.63) is 16.4 Å². The molecule has 0 spiro atoms. The molecule has 0 saturated carbocycles. The van der Waals surface area contributed by atoms with E-state index in [-0.39, 0.29) is 0 Å². The van der Waals surface area contributed by atoms with E-state index >= 15 is 0 Å². The van der Waals surface area contributed by atoms with Gasteiger partial charge in [0.25, 0.3) is 0 Å². The lowest BCUT2D eigenvalue weighted by atomic mass is 10.1. The molecule has 116 valence electrons. The van der Waals surface area contributed by atoms with E-state index in [4.69, 9.17) is 16.3 Å². The highest BCUT2D eigenvalue weighted by atomic mass is 35.5. The summed E-state index contributed by atoms with van der Waals surface area (Å²) in [6.45, 7) is 11.7. The van der Waals surface area contributed by atoms with Gasteiger partial charge in [-0.3, -0.25) is 4.68 Å². The molecule has 1 atom stereocenters. The summed E-state index contributed by atoms with van der Waals surface area (Å²) in [5, 5.41) is 8.94. The Morgan fingerprint density at radius 3 is 2.60 bits per heavy atom. The van der Waals surface area contributed by atoms with Crippen LogP contribution in [0.5, 0.6) is 0 Å². The molecule has 1 rings (SSSR count). The largest absolute Gasteiger partial charge is 0.380 e. The van der Waals surface area contributed by atoms with Gasteiger partial charge in [-0.15, -0.1) is 0 Å². The van der Waals surface area contributed by atoms with Crippen molar-refractivity contribution in [3.63, 3.8) is 0 Å². The molecule has 0 amide bonds. The number of hydrogen-bond donors (Lipinski definition) is 1. The number of halogens is 1. The maximum atomic E-state index is 6.47. The number of nitrogens with one attached hydrogen (secondary N) is 1. The molecule has 0 fully saturated rings. The van der Waals surface area contributed by atoms with Crippen LogP contribution in [0.25, 0.3) is 0 Å². The maximum absolute atomic E-state index is 6.47. The van der Waals surface area contributed by atoms with Gasteiger partial charge in [0.05, 0.1) is 23.0 Å². The summed E-state index contributed by atoms with van der Waals surface area (Å²) >= 11 is 6.47. The summed E-state index contributed by atoms with van der Waals surface area (Å²) in [6, 6.07) is 0.291. The minimum absolute atomic E-state index is 0.291. The van der Waals surface area contributed by atoms with Crippen LogP contribution in [0.4, 0.5) is 0 Å². The standard InChI is InChI=1S/C15H28ClN3O/c1-5-9-17-12(11-20-8-4)10-14-15(16)13(6-2)18-19(14)7-3/h12,17H,5-11H2,1-4H3. The average molecular weight is 302 g/mol. The van der Waals surface area contributed by atoms with Crippen LogP contribution >= 0.6 is 11.6 Å². The molecule has 4 nitrogen and oxygen atoms in total. The first kappa shape index (κ1) is 17.5. The van der Waals surface area contributed by atoms with Crippen molar-refractivity contribution in [1.82, 2.24) is 15.1 Å². The van der Waals surface area contributed by atoms with Gasteiger partial charge >= 0.3 is 0 Å². The first-order valence-electron chi connectivity index (χ1n) is 7.72. The fourth-order valence-corrected chi connectivity index (χ4v) is 2.59. The predicted molar refractivity (Wildman–Crippen MR) is 84.6 cm³/mol. The molecule has 0 aliphatic rings. The van der Waals surface area contributed by atoms with Crippen molar-refractivity contribution in [2.45, 2.75) is 59.5 Å². The van der Waals surface area contributed by atoms with E-state index in [1.165, 1.54) is 0 Å². The van der Waals surface area contributed by atoms with Gasteiger partial charge in [0.15, 0.2) is 0 Å². The van der Waals surface area contributed by atoms with Crippen LogP contribution in [0.2, 0.25) is 5.02 Å². The zero-order valence-electron chi connectivity index (χ0n) is 13.2. The van der Waals surface area contributed by atoms with E-state index in [0.717, 1.165) is 55.4 Å². The summed E-state index contributed by atoms with van der Waals surface area (Å²) in [5.74, 6) is 0. The summed E-state index contributed by atoms with van der Waals surface area (Å²) in [5.41, 5.74) is 2.12. The molecule has 0 saturated heterocycles. The second kappa shape index (κ2) is 9.37. The number of hydrogen-bond acceptors (Lipinski definition) is 3. The van der Waals surface area contributed by atoms with Gasteiger partial charge in [0, 0.05) is 25.6 Å². The minimum atomic E-state index is 0.291. The third-order valence-electron chi connectivity index (χ3n) is 3.34. The molecule has 1 unspecified atom stereocenters. The summed E-state index contributed by atoms with van der Waals surface area (Å²) in [6.07, 6.45) is 2.85. The number of aromatic nitrogens is 2. The topological polar surface area (TPSA) is 39.1 Å². The first-order valence-corrected chi connectivity index (χ1v) is 8.10. The molecule has 0 aliphatic carbocycles. The number of ether oxygens (including phenoxy) is 1. The van der Waals surface area contributed by atoms with Crippen LogP contribution in [-0.4, -0.2) is 35.6 Å². The Hall–Kier alpha value is -0.580. The molecule has 1 aromatic heterocycles. The van der Waals surface area contributed by atoms with Crippen LogP contribution in [0.15, 0.2) is 0 Å². The molecule has 1 heterocycles. The third-order valence-corrected chi connectivity index (χ3v) is 3.78. The SMILES string of the molecule is CCCNC(COCC)Cc1c(Cl)c(CC)nn1CC. The fraction of sp³-hybridized carbons (Fsp3) is 0.800. The monoisotopic (exact) mass is 301 g/mol. The van der Waals surface area contributed by atoms with Crippen LogP contribution < -0.4 is 5.32 Å². The van der Waals surface area contributed by atoms with Crippen LogP contribution in [0.1, 0.15) is 45.5 Å². The van der Waals surface area contributed by atoms with Gasteiger partial charge in [0.2, 0.25) is 0 Å². The number of rotatable bonds is 10. The Balaban J connectivity index is 2.82. The van der Waals surface area contributed by atoms with Crippen LogP contribution in [0, 0.1) is 0 Å². The number of nitrogens with zero attached hydrogens (tertiary/aromatic N) is 2. The van der Waals surface area contributed by atoms with E-state index in [2.05, 4.69) is 31.2 Å². The van der Waals surface area contributed by atoms with Crippen molar-refractivity contribution < 1.29 is 4.74 Å². The number of aryl methyl sites for hydroxylation is 2. The van der Waals surface area contributed by atoms with Crippen molar-refractivity contribution in [3.8, 4) is 0 Å². The molecular weight excluding hydrogens is 274 g/mol. The van der Waals surface area contributed by atoms with Crippen molar-refractivity contribution >= 4 is 11.6 Å². The lowest BCUT2D eigenvalue weighted by molar-refractivity contribution is 0.122. The molecule has 1 N–H and O–H groups in total. The zero-order chi connectivity index (χ0) is 15.0. The Morgan fingerprint density at radius 1 is 1.30 bits per heavy atom. The molecule has 5 heteroatoms. The first-order chi connectivity index (χ1) is 9.67. The quantitative estimate of drug-likeness (QED) is 0.722. The Bertz CT molecular complexity index is 385. The molecule has 20 heavy (non-hydrogen) atoms. The van der Waals surface area contributed by atoms with Crippen LogP contribution in [0.3, 0.4) is 0 Å². The van der Waals surface area contributed by atoms with Gasteiger partial charge in [-0.25, -0.2) is 0 Å². The van der Waals surface area contributed by atoms with E-state index < -0.39 is 0 Å².